The van der Waals surface area contributed by atoms with Crippen LogP contribution in [0.5, 0.6) is 0 Å². The molecule has 0 aliphatic rings. The van der Waals surface area contributed by atoms with Crippen LogP contribution >= 0.6 is 23.4 Å². The molecule has 20 heavy (non-hydrogen) atoms. The van der Waals surface area contributed by atoms with Gasteiger partial charge in [-0.3, -0.25) is 10.1 Å². The number of carbonyl (C=O) groups excluding carboxylic acids is 2. The molecular formula is C11H10ClF3N2O2S. The van der Waals surface area contributed by atoms with Gasteiger partial charge in [0.05, 0.1) is 15.8 Å². The summed E-state index contributed by atoms with van der Waals surface area (Å²) in [5, 5.41) is 0.642. The number of benzene rings is 1. The van der Waals surface area contributed by atoms with Gasteiger partial charge in [0.1, 0.15) is 0 Å². The summed E-state index contributed by atoms with van der Waals surface area (Å²) in [6, 6.07) is 2.29. The average Bonchev–Trinajstić information content (AvgIpc) is 2.29. The van der Waals surface area contributed by atoms with Crippen LogP contribution in [0.2, 0.25) is 5.02 Å². The third-order valence-corrected chi connectivity index (χ3v) is 3.60. The summed E-state index contributed by atoms with van der Waals surface area (Å²) in [6.45, 7) is 1.44. The molecule has 3 N–H and O–H groups in total. The molecule has 0 unspecified atom stereocenters. The van der Waals surface area contributed by atoms with Crippen molar-refractivity contribution in [3.05, 3.63) is 28.8 Å². The SMILES string of the molecule is C[C@@H](Sc1ccc(Cl)c(C(F)(F)F)c1)C(=O)NC(N)=O. The van der Waals surface area contributed by atoms with Crippen LogP contribution in [0.3, 0.4) is 0 Å². The lowest BCUT2D eigenvalue weighted by molar-refractivity contribution is -0.137. The number of thioether (sulfide) groups is 1. The van der Waals surface area contributed by atoms with Crippen LogP contribution in [0, 0.1) is 0 Å². The van der Waals surface area contributed by atoms with Gasteiger partial charge in [-0.05, 0) is 25.1 Å². The highest BCUT2D eigenvalue weighted by Crippen LogP contribution is 2.37. The molecule has 1 aromatic carbocycles. The quantitative estimate of drug-likeness (QED) is 0.839. The van der Waals surface area contributed by atoms with E-state index >= 15 is 0 Å². The molecule has 0 saturated carbocycles. The van der Waals surface area contributed by atoms with E-state index < -0.39 is 34.0 Å². The zero-order valence-electron chi connectivity index (χ0n) is 10.1. The minimum Gasteiger partial charge on any atom is -0.351 e. The number of urea groups is 1. The van der Waals surface area contributed by atoms with Crippen LogP contribution in [0.1, 0.15) is 12.5 Å². The van der Waals surface area contributed by atoms with Crippen molar-refractivity contribution in [3.63, 3.8) is 0 Å². The predicted octanol–water partition coefficient (Wildman–Crippen LogP) is 3.03. The number of rotatable bonds is 3. The predicted molar refractivity (Wildman–Crippen MR) is 69.5 cm³/mol. The van der Waals surface area contributed by atoms with Gasteiger partial charge >= 0.3 is 12.2 Å². The van der Waals surface area contributed by atoms with E-state index in [4.69, 9.17) is 17.3 Å². The number of halogens is 4. The van der Waals surface area contributed by atoms with Gasteiger partial charge in [-0.25, -0.2) is 4.79 Å². The molecule has 1 aromatic rings. The number of nitrogens with two attached hydrogens (primary N) is 1. The second-order valence-electron chi connectivity index (χ2n) is 3.75. The molecule has 9 heteroatoms. The summed E-state index contributed by atoms with van der Waals surface area (Å²) in [5.74, 6) is -0.689. The average molecular weight is 327 g/mol. The fourth-order valence-corrected chi connectivity index (χ4v) is 2.41. The minimum absolute atomic E-state index is 0.203. The van der Waals surface area contributed by atoms with Gasteiger partial charge in [0, 0.05) is 4.90 Å². The highest BCUT2D eigenvalue weighted by Gasteiger charge is 2.33. The zero-order chi connectivity index (χ0) is 15.5. The molecule has 0 spiro atoms. The van der Waals surface area contributed by atoms with Crippen LogP contribution < -0.4 is 11.1 Å². The Morgan fingerprint density at radius 2 is 2.00 bits per heavy atom. The first kappa shape index (κ1) is 16.6. The van der Waals surface area contributed by atoms with Crippen molar-refractivity contribution in [3.8, 4) is 0 Å². The largest absolute Gasteiger partial charge is 0.417 e. The second kappa shape index (κ2) is 6.36. The molecule has 0 fully saturated rings. The van der Waals surface area contributed by atoms with Crippen LogP contribution in [-0.4, -0.2) is 17.2 Å². The maximum atomic E-state index is 12.7. The Balaban J connectivity index is 2.89. The van der Waals surface area contributed by atoms with Crippen LogP contribution in [-0.2, 0) is 11.0 Å². The van der Waals surface area contributed by atoms with E-state index in [0.29, 0.717) is 0 Å². The number of alkyl halides is 3. The summed E-state index contributed by atoms with van der Waals surface area (Å²) in [4.78, 5) is 22.1. The Labute approximate surface area is 121 Å². The zero-order valence-corrected chi connectivity index (χ0v) is 11.7. The number of primary amides is 1. The summed E-state index contributed by atoms with van der Waals surface area (Å²) in [7, 11) is 0. The number of imide groups is 1. The van der Waals surface area contributed by atoms with E-state index in [9.17, 15) is 22.8 Å². The van der Waals surface area contributed by atoms with E-state index in [0.717, 1.165) is 23.9 Å². The third kappa shape index (κ3) is 4.61. The lowest BCUT2D eigenvalue weighted by Crippen LogP contribution is -2.39. The summed E-state index contributed by atoms with van der Waals surface area (Å²) < 4.78 is 38.0. The third-order valence-electron chi connectivity index (χ3n) is 2.17. The Hall–Kier alpha value is -1.41. The standard InChI is InChI=1S/C11H10ClF3N2O2S/c1-5(9(18)17-10(16)19)20-6-2-3-8(12)7(4-6)11(13,14)15/h2-5H,1H3,(H3,16,17,18,19)/t5-/m1/s1. The van der Waals surface area contributed by atoms with E-state index in [1.807, 2.05) is 5.32 Å². The lowest BCUT2D eigenvalue weighted by Gasteiger charge is -2.13. The van der Waals surface area contributed by atoms with E-state index in [1.54, 1.807) is 0 Å². The molecule has 0 aliphatic carbocycles. The van der Waals surface area contributed by atoms with Crippen molar-refractivity contribution in [2.75, 3.05) is 0 Å². The molecule has 1 atom stereocenters. The molecule has 110 valence electrons. The Morgan fingerprint density at radius 3 is 2.50 bits per heavy atom. The molecule has 0 bridgehead atoms. The summed E-state index contributed by atoms with van der Waals surface area (Å²) in [5.41, 5.74) is 3.80. The van der Waals surface area contributed by atoms with Gasteiger partial charge < -0.3 is 5.73 Å². The van der Waals surface area contributed by atoms with Crippen LogP contribution in [0.4, 0.5) is 18.0 Å². The normalized spacial score (nSPS) is 12.8. The van der Waals surface area contributed by atoms with Gasteiger partial charge in [0.15, 0.2) is 0 Å². The highest BCUT2D eigenvalue weighted by atomic mass is 35.5. The fourth-order valence-electron chi connectivity index (χ4n) is 1.28. The smallest absolute Gasteiger partial charge is 0.351 e. The first-order valence-electron chi connectivity index (χ1n) is 5.25. The van der Waals surface area contributed by atoms with Crippen molar-refractivity contribution in [2.45, 2.75) is 23.2 Å². The summed E-state index contributed by atoms with van der Waals surface area (Å²) in [6.07, 6.45) is -4.58. The summed E-state index contributed by atoms with van der Waals surface area (Å²) >= 11 is 6.33. The van der Waals surface area contributed by atoms with Gasteiger partial charge in [0.25, 0.3) is 0 Å². The van der Waals surface area contributed by atoms with Gasteiger partial charge in [-0.2, -0.15) is 13.2 Å². The molecule has 0 heterocycles. The molecule has 0 radical (unpaired) electrons. The van der Waals surface area contributed by atoms with Gasteiger partial charge in [0.2, 0.25) is 5.91 Å². The molecular weight excluding hydrogens is 317 g/mol. The number of hydrogen-bond acceptors (Lipinski definition) is 3. The Morgan fingerprint density at radius 1 is 1.40 bits per heavy atom. The van der Waals surface area contributed by atoms with Gasteiger partial charge in [-0.1, -0.05) is 11.6 Å². The van der Waals surface area contributed by atoms with Crippen LogP contribution in [0.25, 0.3) is 0 Å². The number of hydrogen-bond donors (Lipinski definition) is 2. The van der Waals surface area contributed by atoms with E-state index in [-0.39, 0.29) is 4.90 Å². The number of nitrogens with one attached hydrogen (secondary N) is 1. The van der Waals surface area contributed by atoms with Crippen LogP contribution in [0.15, 0.2) is 23.1 Å². The van der Waals surface area contributed by atoms with Crippen molar-refractivity contribution < 1.29 is 22.8 Å². The van der Waals surface area contributed by atoms with Gasteiger partial charge in [-0.15, -0.1) is 11.8 Å². The number of carbonyl (C=O) groups is 2. The monoisotopic (exact) mass is 326 g/mol. The molecule has 1 rings (SSSR count). The maximum Gasteiger partial charge on any atom is 0.417 e. The minimum atomic E-state index is -4.58. The molecule has 0 aliphatic heterocycles. The second-order valence-corrected chi connectivity index (χ2v) is 5.57. The van der Waals surface area contributed by atoms with Crippen molar-refractivity contribution >= 4 is 35.3 Å². The maximum absolute atomic E-state index is 12.7. The van der Waals surface area contributed by atoms with E-state index in [2.05, 4.69) is 0 Å². The fraction of sp³-hybridized carbons (Fsp3) is 0.273. The lowest BCUT2D eigenvalue weighted by atomic mass is 10.2. The molecule has 0 aromatic heterocycles. The molecule has 0 saturated heterocycles. The van der Waals surface area contributed by atoms with Crippen molar-refractivity contribution in [2.24, 2.45) is 5.73 Å². The Bertz CT molecular complexity index is 537. The first-order chi connectivity index (χ1) is 9.11. The molecule has 4 nitrogen and oxygen atoms in total. The highest BCUT2D eigenvalue weighted by molar-refractivity contribution is 8.00. The van der Waals surface area contributed by atoms with Crippen molar-refractivity contribution in [1.82, 2.24) is 5.32 Å². The number of amides is 3. The van der Waals surface area contributed by atoms with E-state index in [1.165, 1.54) is 13.0 Å². The Kier molecular flexibility index (Phi) is 5.29. The molecule has 3 amide bonds. The topological polar surface area (TPSA) is 72.2 Å². The first-order valence-corrected chi connectivity index (χ1v) is 6.50. The van der Waals surface area contributed by atoms with Crippen molar-refractivity contribution in [1.29, 1.82) is 0 Å².